The van der Waals surface area contributed by atoms with Gasteiger partial charge in [0, 0.05) is 18.5 Å². The first-order chi connectivity index (χ1) is 8.41. The van der Waals surface area contributed by atoms with E-state index in [4.69, 9.17) is 5.73 Å². The Labute approximate surface area is 108 Å². The minimum Gasteiger partial charge on any atom is -0.387 e. The van der Waals surface area contributed by atoms with Crippen LogP contribution < -0.4 is 11.1 Å². The van der Waals surface area contributed by atoms with Crippen LogP contribution in [-0.2, 0) is 4.79 Å². The molecular weight excluding hydrogens is 228 g/mol. The van der Waals surface area contributed by atoms with Crippen molar-refractivity contribution in [3.05, 3.63) is 35.4 Å². The standard InChI is InChI=1S/C14H22N2O2/c1-9-4-6-12(7-5-9)13(17)8-16-14(18)10(2)11(3)15/h4-7,10-11,13,17H,8,15H2,1-3H3,(H,16,18). The maximum absolute atomic E-state index is 11.7. The van der Waals surface area contributed by atoms with Crippen molar-refractivity contribution < 1.29 is 9.90 Å². The molecule has 1 aromatic rings. The van der Waals surface area contributed by atoms with E-state index < -0.39 is 6.10 Å². The molecule has 0 saturated heterocycles. The molecule has 0 aliphatic rings. The van der Waals surface area contributed by atoms with Crippen LogP contribution in [0.4, 0.5) is 0 Å². The first-order valence-electron chi connectivity index (χ1n) is 6.19. The van der Waals surface area contributed by atoms with Crippen molar-refractivity contribution in [1.29, 1.82) is 0 Å². The van der Waals surface area contributed by atoms with E-state index in [9.17, 15) is 9.90 Å². The molecule has 0 aliphatic heterocycles. The van der Waals surface area contributed by atoms with Crippen molar-refractivity contribution in [1.82, 2.24) is 5.32 Å². The number of hydrogen-bond donors (Lipinski definition) is 3. The number of carbonyl (C=O) groups is 1. The molecule has 4 heteroatoms. The highest BCUT2D eigenvalue weighted by Gasteiger charge is 2.17. The lowest BCUT2D eigenvalue weighted by molar-refractivity contribution is -0.125. The van der Waals surface area contributed by atoms with Gasteiger partial charge in [-0.1, -0.05) is 36.8 Å². The molecular formula is C14H22N2O2. The Hall–Kier alpha value is -1.39. The summed E-state index contributed by atoms with van der Waals surface area (Å²) in [5.74, 6) is -0.383. The number of aliphatic hydroxyl groups excluding tert-OH is 1. The molecule has 0 radical (unpaired) electrons. The maximum Gasteiger partial charge on any atom is 0.224 e. The zero-order chi connectivity index (χ0) is 13.7. The number of aryl methyl sites for hydroxylation is 1. The van der Waals surface area contributed by atoms with Crippen molar-refractivity contribution in [3.8, 4) is 0 Å². The van der Waals surface area contributed by atoms with Crippen LogP contribution in [0.15, 0.2) is 24.3 Å². The van der Waals surface area contributed by atoms with E-state index in [0.717, 1.165) is 11.1 Å². The molecule has 4 N–H and O–H groups in total. The van der Waals surface area contributed by atoms with Gasteiger partial charge in [0.25, 0.3) is 0 Å². The summed E-state index contributed by atoms with van der Waals surface area (Å²) in [5.41, 5.74) is 7.59. The molecule has 1 rings (SSSR count). The van der Waals surface area contributed by atoms with Crippen LogP contribution in [0.25, 0.3) is 0 Å². The van der Waals surface area contributed by atoms with Crippen LogP contribution in [0.3, 0.4) is 0 Å². The predicted molar refractivity (Wildman–Crippen MR) is 72.0 cm³/mol. The van der Waals surface area contributed by atoms with Gasteiger partial charge in [0.05, 0.1) is 6.10 Å². The molecule has 0 aromatic heterocycles. The van der Waals surface area contributed by atoms with E-state index in [1.807, 2.05) is 31.2 Å². The fraction of sp³-hybridized carbons (Fsp3) is 0.500. The smallest absolute Gasteiger partial charge is 0.224 e. The van der Waals surface area contributed by atoms with E-state index in [0.29, 0.717) is 0 Å². The molecule has 100 valence electrons. The lowest BCUT2D eigenvalue weighted by Crippen LogP contribution is -2.40. The van der Waals surface area contributed by atoms with Crippen molar-refractivity contribution in [2.45, 2.75) is 32.9 Å². The molecule has 0 aliphatic carbocycles. The zero-order valence-electron chi connectivity index (χ0n) is 11.2. The van der Waals surface area contributed by atoms with Crippen LogP contribution in [0.5, 0.6) is 0 Å². The predicted octanol–water partition coefficient (Wildman–Crippen LogP) is 1.13. The second-order valence-corrected chi connectivity index (χ2v) is 4.82. The normalized spacial score (nSPS) is 15.8. The summed E-state index contributed by atoms with van der Waals surface area (Å²) in [7, 11) is 0. The minimum atomic E-state index is -0.685. The van der Waals surface area contributed by atoms with Gasteiger partial charge in [0.15, 0.2) is 0 Å². The third-order valence-electron chi connectivity index (χ3n) is 3.13. The summed E-state index contributed by atoms with van der Waals surface area (Å²) < 4.78 is 0. The SMILES string of the molecule is Cc1ccc(C(O)CNC(=O)C(C)C(C)N)cc1. The average molecular weight is 250 g/mol. The summed E-state index contributed by atoms with van der Waals surface area (Å²) in [6.45, 7) is 5.76. The summed E-state index contributed by atoms with van der Waals surface area (Å²) in [6, 6.07) is 7.40. The van der Waals surface area contributed by atoms with Crippen molar-refractivity contribution in [3.63, 3.8) is 0 Å². The molecule has 3 atom stereocenters. The van der Waals surface area contributed by atoms with Crippen LogP contribution in [0.2, 0.25) is 0 Å². The largest absolute Gasteiger partial charge is 0.387 e. The highest BCUT2D eigenvalue weighted by molar-refractivity contribution is 5.78. The number of benzene rings is 1. The first-order valence-corrected chi connectivity index (χ1v) is 6.19. The van der Waals surface area contributed by atoms with Crippen LogP contribution in [0.1, 0.15) is 31.1 Å². The Kier molecular flexibility index (Phi) is 5.31. The fourth-order valence-electron chi connectivity index (χ4n) is 1.50. The minimum absolute atomic E-state index is 0.129. The van der Waals surface area contributed by atoms with Gasteiger partial charge in [-0.2, -0.15) is 0 Å². The van der Waals surface area contributed by atoms with Gasteiger partial charge in [0.1, 0.15) is 0 Å². The number of hydrogen-bond acceptors (Lipinski definition) is 3. The molecule has 0 spiro atoms. The Balaban J connectivity index is 2.48. The lowest BCUT2D eigenvalue weighted by Gasteiger charge is -2.17. The first kappa shape index (κ1) is 14.7. The van der Waals surface area contributed by atoms with E-state index in [1.165, 1.54) is 0 Å². The number of amides is 1. The van der Waals surface area contributed by atoms with E-state index in [-0.39, 0.29) is 24.4 Å². The number of nitrogens with one attached hydrogen (secondary N) is 1. The topological polar surface area (TPSA) is 75.3 Å². The maximum atomic E-state index is 11.7. The quantitative estimate of drug-likeness (QED) is 0.733. The van der Waals surface area contributed by atoms with Crippen LogP contribution in [-0.4, -0.2) is 23.6 Å². The van der Waals surface area contributed by atoms with E-state index in [1.54, 1.807) is 13.8 Å². The number of nitrogens with two attached hydrogens (primary N) is 1. The summed E-state index contributed by atoms with van der Waals surface area (Å²) in [6.07, 6.45) is -0.685. The van der Waals surface area contributed by atoms with Gasteiger partial charge in [-0.05, 0) is 19.4 Å². The lowest BCUT2D eigenvalue weighted by atomic mass is 10.0. The number of aliphatic hydroxyl groups is 1. The summed E-state index contributed by atoms with van der Waals surface area (Å²) in [4.78, 5) is 11.7. The van der Waals surface area contributed by atoms with Crippen LogP contribution >= 0.6 is 0 Å². The molecule has 1 amide bonds. The molecule has 0 bridgehead atoms. The van der Waals surface area contributed by atoms with Crippen LogP contribution in [0, 0.1) is 12.8 Å². The Morgan fingerprint density at radius 3 is 2.39 bits per heavy atom. The molecule has 0 saturated carbocycles. The van der Waals surface area contributed by atoms with Gasteiger partial charge >= 0.3 is 0 Å². The van der Waals surface area contributed by atoms with Crippen molar-refractivity contribution >= 4 is 5.91 Å². The van der Waals surface area contributed by atoms with Gasteiger partial charge in [-0.25, -0.2) is 0 Å². The Morgan fingerprint density at radius 1 is 1.33 bits per heavy atom. The number of rotatable bonds is 5. The molecule has 18 heavy (non-hydrogen) atoms. The van der Waals surface area contributed by atoms with Crippen molar-refractivity contribution in [2.24, 2.45) is 11.7 Å². The molecule has 0 heterocycles. The van der Waals surface area contributed by atoms with E-state index >= 15 is 0 Å². The highest BCUT2D eigenvalue weighted by atomic mass is 16.3. The second-order valence-electron chi connectivity index (χ2n) is 4.82. The third kappa shape index (κ3) is 4.13. The third-order valence-corrected chi connectivity index (χ3v) is 3.13. The molecule has 0 fully saturated rings. The summed E-state index contributed by atoms with van der Waals surface area (Å²) in [5, 5.41) is 12.6. The second kappa shape index (κ2) is 6.52. The summed E-state index contributed by atoms with van der Waals surface area (Å²) >= 11 is 0. The molecule has 1 aromatic carbocycles. The number of carbonyl (C=O) groups excluding carboxylic acids is 1. The van der Waals surface area contributed by atoms with Gasteiger partial charge in [0.2, 0.25) is 5.91 Å². The van der Waals surface area contributed by atoms with Gasteiger partial charge in [-0.15, -0.1) is 0 Å². The monoisotopic (exact) mass is 250 g/mol. The average Bonchev–Trinajstić information content (AvgIpc) is 2.35. The van der Waals surface area contributed by atoms with Gasteiger partial charge in [-0.3, -0.25) is 4.79 Å². The Morgan fingerprint density at radius 2 is 1.89 bits per heavy atom. The molecule has 4 nitrogen and oxygen atoms in total. The van der Waals surface area contributed by atoms with Crippen molar-refractivity contribution in [2.75, 3.05) is 6.54 Å². The van der Waals surface area contributed by atoms with E-state index in [2.05, 4.69) is 5.32 Å². The molecule has 3 unspecified atom stereocenters. The Bertz CT molecular complexity index is 387. The fourth-order valence-corrected chi connectivity index (χ4v) is 1.50. The highest BCUT2D eigenvalue weighted by Crippen LogP contribution is 2.12. The van der Waals surface area contributed by atoms with Gasteiger partial charge < -0.3 is 16.2 Å². The zero-order valence-corrected chi connectivity index (χ0v) is 11.2.